The quantitative estimate of drug-likeness (QED) is 0.619. The predicted octanol–water partition coefficient (Wildman–Crippen LogP) is 3.62. The van der Waals surface area contributed by atoms with Gasteiger partial charge in [-0.2, -0.15) is 5.10 Å². The van der Waals surface area contributed by atoms with Gasteiger partial charge in [0.25, 0.3) is 0 Å². The monoisotopic (exact) mass is 412 g/mol. The molecule has 1 aromatic carbocycles. The number of nitrogens with zero attached hydrogens (tertiary/aromatic N) is 4. The van der Waals surface area contributed by atoms with E-state index < -0.39 is 0 Å². The molecular formula is C21H25ClN6O. The van der Waals surface area contributed by atoms with Crippen LogP contribution in [0.2, 0.25) is 5.02 Å². The van der Waals surface area contributed by atoms with E-state index in [1.165, 1.54) is 12.8 Å². The first-order valence-electron chi connectivity index (χ1n) is 10.0. The zero-order valence-electron chi connectivity index (χ0n) is 16.5. The van der Waals surface area contributed by atoms with E-state index in [0.29, 0.717) is 36.3 Å². The average molecular weight is 413 g/mol. The second-order valence-electron chi connectivity index (χ2n) is 7.57. The van der Waals surface area contributed by atoms with Crippen LogP contribution in [0.15, 0.2) is 30.6 Å². The summed E-state index contributed by atoms with van der Waals surface area (Å²) in [4.78, 5) is 21.5. The molecule has 4 rings (SSSR count). The molecule has 7 nitrogen and oxygen atoms in total. The van der Waals surface area contributed by atoms with Crippen LogP contribution in [0.1, 0.15) is 43.5 Å². The molecule has 1 aliphatic carbocycles. The third kappa shape index (κ3) is 5.03. The minimum absolute atomic E-state index is 0.0287. The number of aromatic nitrogens is 4. The first-order chi connectivity index (χ1) is 14.1. The molecule has 0 atom stereocenters. The lowest BCUT2D eigenvalue weighted by Gasteiger charge is -2.16. The van der Waals surface area contributed by atoms with Gasteiger partial charge < -0.3 is 10.6 Å². The third-order valence-electron chi connectivity index (χ3n) is 5.24. The zero-order chi connectivity index (χ0) is 20.2. The summed E-state index contributed by atoms with van der Waals surface area (Å²) in [6.45, 7) is 0.295. The molecule has 3 aromatic rings. The van der Waals surface area contributed by atoms with Crippen LogP contribution in [0.4, 0.5) is 5.82 Å². The second-order valence-corrected chi connectivity index (χ2v) is 8.01. The Morgan fingerprint density at radius 3 is 2.86 bits per heavy atom. The number of nitrogens with one attached hydrogen (secondary N) is 2. The number of rotatable bonds is 7. The molecule has 0 aliphatic heterocycles. The van der Waals surface area contributed by atoms with Crippen molar-refractivity contribution < 1.29 is 4.79 Å². The summed E-state index contributed by atoms with van der Waals surface area (Å²) in [7, 11) is 1.87. The molecule has 0 unspecified atom stereocenters. The van der Waals surface area contributed by atoms with Gasteiger partial charge in [0.2, 0.25) is 5.91 Å². The highest BCUT2D eigenvalue weighted by molar-refractivity contribution is 6.31. The van der Waals surface area contributed by atoms with Crippen molar-refractivity contribution in [3.05, 3.63) is 47.0 Å². The summed E-state index contributed by atoms with van der Waals surface area (Å²) in [5.74, 6) is 1.36. The molecule has 2 N–H and O–H groups in total. The number of aryl methyl sites for hydroxylation is 2. The van der Waals surface area contributed by atoms with Gasteiger partial charge in [-0.3, -0.25) is 9.48 Å². The Labute approximate surface area is 174 Å². The fourth-order valence-corrected chi connectivity index (χ4v) is 3.90. The number of fused-ring (bicyclic) bond motifs is 1. The molecule has 29 heavy (non-hydrogen) atoms. The normalized spacial score (nSPS) is 14.4. The lowest BCUT2D eigenvalue weighted by atomic mass is 10.2. The van der Waals surface area contributed by atoms with Crippen LogP contribution >= 0.6 is 11.6 Å². The minimum Gasteiger partial charge on any atom is -0.367 e. The summed E-state index contributed by atoms with van der Waals surface area (Å²) in [6, 6.07) is 6.04. The van der Waals surface area contributed by atoms with E-state index in [1.54, 1.807) is 10.9 Å². The molecule has 1 saturated carbocycles. The molecule has 2 heterocycles. The molecule has 0 bridgehead atoms. The maximum absolute atomic E-state index is 12.2. The van der Waals surface area contributed by atoms with Crippen molar-refractivity contribution in [2.45, 2.75) is 51.1 Å². The Morgan fingerprint density at radius 1 is 1.28 bits per heavy atom. The maximum atomic E-state index is 12.2. The topological polar surface area (TPSA) is 84.7 Å². The number of benzene rings is 1. The third-order valence-corrected chi connectivity index (χ3v) is 5.48. The number of halogens is 1. The smallest absolute Gasteiger partial charge is 0.220 e. The Kier molecular flexibility index (Phi) is 5.94. The highest BCUT2D eigenvalue weighted by Gasteiger charge is 2.17. The first kappa shape index (κ1) is 19.6. The molecule has 152 valence electrons. The molecular weight excluding hydrogens is 388 g/mol. The molecule has 2 aromatic heterocycles. The lowest BCUT2D eigenvalue weighted by molar-refractivity contribution is -0.121. The van der Waals surface area contributed by atoms with Crippen molar-refractivity contribution >= 4 is 34.2 Å². The summed E-state index contributed by atoms with van der Waals surface area (Å²) in [6.07, 6.45) is 9.53. The number of anilines is 1. The van der Waals surface area contributed by atoms with Gasteiger partial charge in [0.1, 0.15) is 5.82 Å². The van der Waals surface area contributed by atoms with Gasteiger partial charge in [-0.1, -0.05) is 24.4 Å². The summed E-state index contributed by atoms with van der Waals surface area (Å²) < 4.78 is 1.74. The summed E-state index contributed by atoms with van der Waals surface area (Å²) in [5, 5.41) is 12.2. The second kappa shape index (κ2) is 8.78. The number of carbonyl (C=O) groups is 1. The Morgan fingerprint density at radius 2 is 2.10 bits per heavy atom. The van der Waals surface area contributed by atoms with Crippen molar-refractivity contribution in [1.29, 1.82) is 0 Å². The standard InChI is InChI=1S/C21H25ClN6O/c1-28-13-14(11-24-28)6-9-20(29)23-12-19-26-18-8-7-15(22)10-17(18)21(27-19)25-16-4-2-3-5-16/h7-8,10-11,13,16H,2-6,9,12H2,1H3,(H,23,29)(H,25,26,27). The molecule has 1 aliphatic rings. The van der Waals surface area contributed by atoms with Crippen molar-refractivity contribution in [3.63, 3.8) is 0 Å². The van der Waals surface area contributed by atoms with Crippen molar-refractivity contribution in [2.75, 3.05) is 5.32 Å². The van der Waals surface area contributed by atoms with E-state index in [1.807, 2.05) is 31.4 Å². The van der Waals surface area contributed by atoms with Crippen LogP contribution in [0, 0.1) is 0 Å². The van der Waals surface area contributed by atoms with Crippen LogP contribution in [0.3, 0.4) is 0 Å². The maximum Gasteiger partial charge on any atom is 0.220 e. The van der Waals surface area contributed by atoms with Gasteiger partial charge in [-0.15, -0.1) is 0 Å². The highest BCUT2D eigenvalue weighted by Crippen LogP contribution is 2.28. The number of carbonyl (C=O) groups excluding carboxylic acids is 1. The summed E-state index contributed by atoms with van der Waals surface area (Å²) >= 11 is 6.19. The van der Waals surface area contributed by atoms with E-state index in [-0.39, 0.29) is 5.91 Å². The molecule has 0 spiro atoms. The minimum atomic E-state index is -0.0287. The Balaban J connectivity index is 1.44. The highest BCUT2D eigenvalue weighted by atomic mass is 35.5. The van der Waals surface area contributed by atoms with Gasteiger partial charge in [-0.05, 0) is 43.0 Å². The number of hydrogen-bond acceptors (Lipinski definition) is 5. The first-order valence-corrected chi connectivity index (χ1v) is 10.4. The summed E-state index contributed by atoms with van der Waals surface area (Å²) in [5.41, 5.74) is 1.87. The molecule has 0 radical (unpaired) electrons. The van der Waals surface area contributed by atoms with Crippen LogP contribution in [-0.4, -0.2) is 31.7 Å². The van der Waals surface area contributed by atoms with Crippen LogP contribution < -0.4 is 10.6 Å². The van der Waals surface area contributed by atoms with E-state index >= 15 is 0 Å². The fraction of sp³-hybridized carbons (Fsp3) is 0.429. The SMILES string of the molecule is Cn1cc(CCC(=O)NCc2nc(NC3CCCC3)c3cc(Cl)ccc3n2)cn1. The zero-order valence-corrected chi connectivity index (χ0v) is 17.2. The van der Waals surface area contributed by atoms with E-state index in [2.05, 4.69) is 20.7 Å². The molecule has 1 fully saturated rings. The van der Waals surface area contributed by atoms with Crippen molar-refractivity contribution in [2.24, 2.45) is 7.05 Å². The van der Waals surface area contributed by atoms with Crippen LogP contribution in [-0.2, 0) is 24.8 Å². The molecule has 0 saturated heterocycles. The van der Waals surface area contributed by atoms with Crippen molar-refractivity contribution in [1.82, 2.24) is 25.1 Å². The van der Waals surface area contributed by atoms with Gasteiger partial charge in [0, 0.05) is 36.1 Å². The van der Waals surface area contributed by atoms with Crippen LogP contribution in [0.5, 0.6) is 0 Å². The molecule has 1 amide bonds. The van der Waals surface area contributed by atoms with E-state index in [0.717, 1.165) is 35.1 Å². The Bertz CT molecular complexity index is 1010. The molecule has 8 heteroatoms. The van der Waals surface area contributed by atoms with E-state index in [4.69, 9.17) is 16.6 Å². The van der Waals surface area contributed by atoms with Gasteiger partial charge >= 0.3 is 0 Å². The largest absolute Gasteiger partial charge is 0.367 e. The van der Waals surface area contributed by atoms with Crippen molar-refractivity contribution in [3.8, 4) is 0 Å². The fourth-order valence-electron chi connectivity index (χ4n) is 3.73. The Hall–Kier alpha value is -2.67. The van der Waals surface area contributed by atoms with Gasteiger partial charge in [0.15, 0.2) is 5.82 Å². The number of hydrogen-bond donors (Lipinski definition) is 2. The van der Waals surface area contributed by atoms with E-state index in [9.17, 15) is 4.79 Å². The lowest BCUT2D eigenvalue weighted by Crippen LogP contribution is -2.25. The van der Waals surface area contributed by atoms with Crippen LogP contribution in [0.25, 0.3) is 10.9 Å². The predicted molar refractivity (Wildman–Crippen MR) is 114 cm³/mol. The van der Waals surface area contributed by atoms with Gasteiger partial charge in [-0.25, -0.2) is 9.97 Å². The number of amides is 1. The van der Waals surface area contributed by atoms with Gasteiger partial charge in [0.05, 0.1) is 18.3 Å². The average Bonchev–Trinajstić information content (AvgIpc) is 3.37.